The Morgan fingerprint density at radius 2 is 1.92 bits per heavy atom. The van der Waals surface area contributed by atoms with E-state index in [2.05, 4.69) is 15.4 Å². The van der Waals surface area contributed by atoms with E-state index in [9.17, 15) is 18.0 Å². The number of alkyl halides is 3. The van der Waals surface area contributed by atoms with Gasteiger partial charge in [-0.1, -0.05) is 0 Å². The van der Waals surface area contributed by atoms with Crippen LogP contribution in [0.2, 0.25) is 0 Å². The number of fused-ring (bicyclic) bond motifs is 1. The summed E-state index contributed by atoms with van der Waals surface area (Å²) in [5, 5.41) is 6.99. The molecule has 0 fully saturated rings. The zero-order valence-electron chi connectivity index (χ0n) is 14.7. The van der Waals surface area contributed by atoms with Gasteiger partial charge in [0, 0.05) is 18.4 Å². The number of aromatic nitrogens is 4. The van der Waals surface area contributed by atoms with Crippen LogP contribution in [0.5, 0.6) is 0 Å². The number of anilines is 1. The van der Waals surface area contributed by atoms with Gasteiger partial charge in [0.05, 0.1) is 16.7 Å². The summed E-state index contributed by atoms with van der Waals surface area (Å²) < 4.78 is 41.5. The minimum atomic E-state index is -4.54. The molecule has 0 aliphatic carbocycles. The van der Waals surface area contributed by atoms with Crippen molar-refractivity contribution in [2.24, 2.45) is 7.05 Å². The SMILES string of the molecule is Cc1cc(C)n([C@H](C)C(=O)Nc2ccc3c(c2)nc(C(F)(F)F)n3C)n1. The number of nitrogens with one attached hydrogen (secondary N) is 1. The number of halogens is 3. The lowest BCUT2D eigenvalue weighted by Gasteiger charge is -2.14. The zero-order chi connectivity index (χ0) is 19.2. The second-order valence-electron chi connectivity index (χ2n) is 6.23. The standard InChI is InChI=1S/C17H18F3N5O/c1-9-7-10(2)25(23-9)11(3)15(26)21-12-5-6-14-13(8-12)22-16(24(14)4)17(18,19)20/h5-8,11H,1-4H3,(H,21,26)/t11-/m1/s1. The summed E-state index contributed by atoms with van der Waals surface area (Å²) in [5.74, 6) is -1.30. The van der Waals surface area contributed by atoms with Crippen LogP contribution >= 0.6 is 0 Å². The fraction of sp³-hybridized carbons (Fsp3) is 0.353. The lowest BCUT2D eigenvalue weighted by molar-refractivity contribution is -0.146. The average molecular weight is 365 g/mol. The van der Waals surface area contributed by atoms with Crippen LogP contribution in [0.1, 0.15) is 30.2 Å². The maximum absolute atomic E-state index is 13.0. The molecule has 0 bridgehead atoms. The lowest BCUT2D eigenvalue weighted by atomic mass is 10.2. The number of aryl methyl sites for hydroxylation is 3. The summed E-state index contributed by atoms with van der Waals surface area (Å²) in [6.07, 6.45) is -4.54. The summed E-state index contributed by atoms with van der Waals surface area (Å²) >= 11 is 0. The van der Waals surface area contributed by atoms with E-state index in [0.717, 1.165) is 16.0 Å². The van der Waals surface area contributed by atoms with Crippen molar-refractivity contribution in [3.63, 3.8) is 0 Å². The van der Waals surface area contributed by atoms with Crippen LogP contribution < -0.4 is 5.32 Å². The fourth-order valence-electron chi connectivity index (χ4n) is 2.93. The highest BCUT2D eigenvalue weighted by atomic mass is 19.4. The van der Waals surface area contributed by atoms with E-state index in [1.54, 1.807) is 17.7 Å². The molecule has 9 heteroatoms. The summed E-state index contributed by atoms with van der Waals surface area (Å²) in [7, 11) is 1.31. The Hall–Kier alpha value is -2.84. The van der Waals surface area contributed by atoms with Crippen molar-refractivity contribution < 1.29 is 18.0 Å². The van der Waals surface area contributed by atoms with Gasteiger partial charge in [0.2, 0.25) is 11.7 Å². The van der Waals surface area contributed by atoms with E-state index in [1.165, 1.54) is 19.2 Å². The number of carbonyl (C=O) groups is 1. The van der Waals surface area contributed by atoms with Crippen molar-refractivity contribution in [1.29, 1.82) is 0 Å². The van der Waals surface area contributed by atoms with Crippen LogP contribution in [0.25, 0.3) is 11.0 Å². The summed E-state index contributed by atoms with van der Waals surface area (Å²) in [6, 6.07) is 5.78. The number of imidazole rings is 1. The van der Waals surface area contributed by atoms with Gasteiger partial charge < -0.3 is 9.88 Å². The predicted molar refractivity (Wildman–Crippen MR) is 90.8 cm³/mol. The molecule has 6 nitrogen and oxygen atoms in total. The molecule has 0 unspecified atom stereocenters. The maximum atomic E-state index is 13.0. The van der Waals surface area contributed by atoms with Gasteiger partial charge in [0.1, 0.15) is 6.04 Å². The number of rotatable bonds is 3. The minimum absolute atomic E-state index is 0.163. The number of nitrogens with zero attached hydrogens (tertiary/aromatic N) is 4. The van der Waals surface area contributed by atoms with Gasteiger partial charge in [-0.15, -0.1) is 0 Å². The van der Waals surface area contributed by atoms with E-state index in [-0.39, 0.29) is 11.4 Å². The number of hydrogen-bond acceptors (Lipinski definition) is 3. The van der Waals surface area contributed by atoms with E-state index in [1.807, 2.05) is 19.9 Å². The molecule has 0 aliphatic heterocycles. The molecule has 0 spiro atoms. The molecule has 138 valence electrons. The zero-order valence-corrected chi connectivity index (χ0v) is 14.7. The Morgan fingerprint density at radius 1 is 1.23 bits per heavy atom. The molecule has 1 atom stereocenters. The van der Waals surface area contributed by atoms with E-state index in [0.29, 0.717) is 11.2 Å². The monoisotopic (exact) mass is 365 g/mol. The molecule has 0 radical (unpaired) electrons. The van der Waals surface area contributed by atoms with Crippen molar-refractivity contribution in [3.8, 4) is 0 Å². The molecule has 0 saturated carbocycles. The second-order valence-corrected chi connectivity index (χ2v) is 6.23. The molecule has 2 heterocycles. The third-order valence-electron chi connectivity index (χ3n) is 4.19. The normalized spacial score (nSPS) is 13.2. The molecular weight excluding hydrogens is 347 g/mol. The molecule has 0 saturated heterocycles. The average Bonchev–Trinajstić information content (AvgIpc) is 3.05. The van der Waals surface area contributed by atoms with Crippen LogP contribution in [0.15, 0.2) is 24.3 Å². The Morgan fingerprint density at radius 3 is 2.50 bits per heavy atom. The van der Waals surface area contributed by atoms with Crippen LogP contribution in [0, 0.1) is 13.8 Å². The third kappa shape index (κ3) is 3.16. The first-order valence-corrected chi connectivity index (χ1v) is 7.95. The van der Waals surface area contributed by atoms with Crippen molar-refractivity contribution >= 4 is 22.6 Å². The van der Waals surface area contributed by atoms with Crippen molar-refractivity contribution in [1.82, 2.24) is 19.3 Å². The van der Waals surface area contributed by atoms with Crippen LogP contribution in [0.4, 0.5) is 18.9 Å². The van der Waals surface area contributed by atoms with Gasteiger partial charge in [-0.3, -0.25) is 9.48 Å². The van der Waals surface area contributed by atoms with Gasteiger partial charge in [-0.05, 0) is 45.0 Å². The first-order valence-electron chi connectivity index (χ1n) is 7.95. The van der Waals surface area contributed by atoms with E-state index < -0.39 is 18.0 Å². The number of hydrogen-bond donors (Lipinski definition) is 1. The predicted octanol–water partition coefficient (Wildman–Crippen LogP) is 3.61. The molecular formula is C17H18F3N5O. The van der Waals surface area contributed by atoms with Crippen LogP contribution in [0.3, 0.4) is 0 Å². The number of amides is 1. The lowest BCUT2D eigenvalue weighted by Crippen LogP contribution is -2.25. The fourth-order valence-corrected chi connectivity index (χ4v) is 2.93. The van der Waals surface area contributed by atoms with Gasteiger partial charge in [0.25, 0.3) is 0 Å². The van der Waals surface area contributed by atoms with Gasteiger partial charge in [-0.2, -0.15) is 18.3 Å². The maximum Gasteiger partial charge on any atom is 0.449 e. The first-order chi connectivity index (χ1) is 12.1. The number of benzene rings is 1. The second kappa shape index (κ2) is 6.15. The molecule has 3 rings (SSSR count). The van der Waals surface area contributed by atoms with E-state index >= 15 is 0 Å². The molecule has 26 heavy (non-hydrogen) atoms. The van der Waals surface area contributed by atoms with Gasteiger partial charge in [-0.25, -0.2) is 4.98 Å². The highest BCUT2D eigenvalue weighted by molar-refractivity contribution is 5.95. The van der Waals surface area contributed by atoms with Gasteiger partial charge in [0.15, 0.2) is 0 Å². The highest BCUT2D eigenvalue weighted by Gasteiger charge is 2.36. The highest BCUT2D eigenvalue weighted by Crippen LogP contribution is 2.31. The quantitative estimate of drug-likeness (QED) is 0.771. The third-order valence-corrected chi connectivity index (χ3v) is 4.19. The Balaban J connectivity index is 1.87. The molecule has 2 aromatic heterocycles. The molecule has 3 aromatic rings. The topological polar surface area (TPSA) is 64.7 Å². The first kappa shape index (κ1) is 18.0. The molecule has 1 N–H and O–H groups in total. The van der Waals surface area contributed by atoms with Crippen molar-refractivity contribution in [2.45, 2.75) is 33.0 Å². The molecule has 1 aromatic carbocycles. The number of carbonyl (C=O) groups excluding carboxylic acids is 1. The summed E-state index contributed by atoms with van der Waals surface area (Å²) in [5.41, 5.74) is 2.53. The molecule has 0 aliphatic rings. The van der Waals surface area contributed by atoms with Crippen LogP contribution in [-0.4, -0.2) is 25.2 Å². The van der Waals surface area contributed by atoms with Gasteiger partial charge >= 0.3 is 6.18 Å². The van der Waals surface area contributed by atoms with E-state index in [4.69, 9.17) is 0 Å². The smallest absolute Gasteiger partial charge is 0.324 e. The van der Waals surface area contributed by atoms with Crippen LogP contribution in [-0.2, 0) is 18.0 Å². The minimum Gasteiger partial charge on any atom is -0.324 e. The Bertz CT molecular complexity index is 986. The van der Waals surface area contributed by atoms with Crippen molar-refractivity contribution in [3.05, 3.63) is 41.5 Å². The largest absolute Gasteiger partial charge is 0.449 e. The molecule has 1 amide bonds. The van der Waals surface area contributed by atoms with Crippen molar-refractivity contribution in [2.75, 3.05) is 5.32 Å². The summed E-state index contributed by atoms with van der Waals surface area (Å²) in [6.45, 7) is 5.39. The Labute approximate surface area is 147 Å². The Kier molecular flexibility index (Phi) is 4.25. The summed E-state index contributed by atoms with van der Waals surface area (Å²) in [4.78, 5) is 16.1.